The number of benzene rings is 4. The van der Waals surface area contributed by atoms with E-state index in [2.05, 4.69) is 0 Å². The van der Waals surface area contributed by atoms with Crippen molar-refractivity contribution < 1.29 is 19.1 Å². The molecule has 5 aromatic rings. The molecule has 1 aromatic heterocycles. The van der Waals surface area contributed by atoms with E-state index in [0.717, 1.165) is 0 Å². The molecule has 2 heterocycles. The molecule has 0 amide bonds. The average molecular weight is 709 g/mol. The van der Waals surface area contributed by atoms with E-state index in [1.54, 1.807) is 60.7 Å². The number of aliphatic hydroxyl groups is 1. The van der Waals surface area contributed by atoms with Gasteiger partial charge >= 0.3 is 11.5 Å². The Morgan fingerprint density at radius 2 is 1.00 bits per heavy atom. The van der Waals surface area contributed by atoms with Crippen LogP contribution in [-0.2, 0) is 9.53 Å². The van der Waals surface area contributed by atoms with Crippen LogP contribution in [0.25, 0.3) is 40.2 Å². The topological polar surface area (TPSA) is 57.8 Å². The highest BCUT2D eigenvalue weighted by Gasteiger charge is 2.33. The van der Waals surface area contributed by atoms with E-state index in [4.69, 9.17) is 55.6 Å². The van der Waals surface area contributed by atoms with Crippen LogP contribution < -0.4 is 0 Å². The molecule has 7 rings (SSSR count). The van der Waals surface area contributed by atoms with Gasteiger partial charge in [0, 0.05) is 11.1 Å². The first-order chi connectivity index (χ1) is 23.3. The van der Waals surface area contributed by atoms with Crippen molar-refractivity contribution in [3.63, 3.8) is 0 Å². The van der Waals surface area contributed by atoms with Gasteiger partial charge in [-0.05, 0) is 84.0 Å². The summed E-state index contributed by atoms with van der Waals surface area (Å²) in [5.41, 5.74) is 4.20. The van der Waals surface area contributed by atoms with E-state index in [9.17, 15) is 9.90 Å². The van der Waals surface area contributed by atoms with Crippen LogP contribution in [0.4, 0.5) is 0 Å². The molecule has 48 heavy (non-hydrogen) atoms. The Bertz CT molecular complexity index is 2170. The van der Waals surface area contributed by atoms with Gasteiger partial charge in [0.1, 0.15) is 17.3 Å². The third-order valence-corrected chi connectivity index (χ3v) is 9.13. The Labute approximate surface area is 296 Å². The molecule has 4 aromatic carbocycles. The number of allylic oxidation sites excluding steroid dienone is 6. The molecule has 1 aliphatic carbocycles. The van der Waals surface area contributed by atoms with Gasteiger partial charge in [-0.25, -0.2) is 4.42 Å². The second-order valence-electron chi connectivity index (χ2n) is 11.0. The van der Waals surface area contributed by atoms with Gasteiger partial charge in [0.2, 0.25) is 5.78 Å². The summed E-state index contributed by atoms with van der Waals surface area (Å²) < 4.78 is 12.5. The quantitative estimate of drug-likeness (QED) is 0.141. The number of ketones is 1. The molecule has 0 saturated carbocycles. The monoisotopic (exact) mass is 707 g/mol. The molecule has 0 atom stereocenters. The molecule has 0 fully saturated rings. The fourth-order valence-corrected chi connectivity index (χ4v) is 6.34. The normalized spacial score (nSPS) is 15.1. The minimum absolute atomic E-state index is 0.140. The van der Waals surface area contributed by atoms with Gasteiger partial charge in [0.25, 0.3) is 0 Å². The summed E-state index contributed by atoms with van der Waals surface area (Å²) in [5.74, 6) is 1.42. The summed E-state index contributed by atoms with van der Waals surface area (Å²) in [4.78, 5) is 13.6. The third kappa shape index (κ3) is 6.24. The highest BCUT2D eigenvalue weighted by atomic mass is 35.5. The lowest BCUT2D eigenvalue weighted by Crippen LogP contribution is -2.21. The average Bonchev–Trinajstić information content (AvgIpc) is 3.10. The van der Waals surface area contributed by atoms with Crippen molar-refractivity contribution in [1.29, 1.82) is 0 Å². The molecule has 0 bridgehead atoms. The SMILES string of the molecule is O=C1C(=Cc2cc(-c3ccccc3Cl)[o+]c(-c3ccccc3Cl)c2)C(O)=C1C=C1C=C(c2ccccc2Cl)OC(c2ccccc2Cl)=C1. The fourth-order valence-electron chi connectivity index (χ4n) is 5.43. The Balaban J connectivity index is 1.31. The third-order valence-electron chi connectivity index (χ3n) is 7.81. The number of Topliss-reactive ketones (excluding diaryl/α,β-unsaturated/α-hetero) is 1. The Morgan fingerprint density at radius 1 is 0.583 bits per heavy atom. The van der Waals surface area contributed by atoms with Crippen molar-refractivity contribution in [3.05, 3.63) is 187 Å². The van der Waals surface area contributed by atoms with E-state index in [1.807, 2.05) is 72.8 Å². The number of rotatable bonds is 6. The molecule has 0 radical (unpaired) electrons. The second-order valence-corrected chi connectivity index (χ2v) is 12.6. The van der Waals surface area contributed by atoms with E-state index in [1.165, 1.54) is 0 Å². The maximum absolute atomic E-state index is 13.6. The van der Waals surface area contributed by atoms with E-state index >= 15 is 0 Å². The number of ether oxygens (including phenoxy) is 1. The standard InChI is InChI=1S/C40H22Cl4O4/c41-31-13-5-1-9-25(31)35-19-23(20-36(47-35)26-10-2-6-14-32(26)42)17-29-39(45)30(40(29)46)18-24-21-37(27-11-3-7-15-33(27)43)48-38(22-24)28-12-4-8-16-34(28)44/h1-22H/p+1. The van der Waals surface area contributed by atoms with Gasteiger partial charge in [0.05, 0.1) is 54.5 Å². The van der Waals surface area contributed by atoms with E-state index < -0.39 is 0 Å². The van der Waals surface area contributed by atoms with Crippen molar-refractivity contribution in [3.8, 4) is 22.6 Å². The van der Waals surface area contributed by atoms with Gasteiger partial charge in [-0.3, -0.25) is 4.79 Å². The van der Waals surface area contributed by atoms with Crippen LogP contribution in [0.15, 0.2) is 154 Å². The van der Waals surface area contributed by atoms with Gasteiger partial charge in [-0.1, -0.05) is 94.9 Å². The molecule has 1 N–H and O–H groups in total. The number of halogens is 4. The molecule has 4 nitrogen and oxygen atoms in total. The maximum Gasteiger partial charge on any atom is 0.362 e. The summed E-state index contributed by atoms with van der Waals surface area (Å²) in [6.45, 7) is 0. The zero-order valence-electron chi connectivity index (χ0n) is 24.9. The number of hydrogen-bond acceptors (Lipinski definition) is 3. The summed E-state index contributed by atoms with van der Waals surface area (Å²) in [6.07, 6.45) is 6.77. The first-order valence-corrected chi connectivity index (χ1v) is 16.3. The van der Waals surface area contributed by atoms with E-state index in [0.29, 0.717) is 76.5 Å². The lowest BCUT2D eigenvalue weighted by molar-refractivity contribution is -0.113. The van der Waals surface area contributed by atoms with Crippen molar-refractivity contribution in [1.82, 2.24) is 0 Å². The van der Waals surface area contributed by atoms with Crippen LogP contribution in [0.3, 0.4) is 0 Å². The fraction of sp³-hybridized carbons (Fsp3) is 0. The predicted molar refractivity (Wildman–Crippen MR) is 195 cm³/mol. The molecule has 0 saturated heterocycles. The first-order valence-electron chi connectivity index (χ1n) is 14.8. The Hall–Kier alpha value is -4.84. The molecular weight excluding hydrogens is 686 g/mol. The largest absolute Gasteiger partial charge is 0.506 e. The van der Waals surface area contributed by atoms with Crippen molar-refractivity contribution in [2.75, 3.05) is 0 Å². The van der Waals surface area contributed by atoms with Gasteiger partial charge < -0.3 is 9.84 Å². The number of carbonyl (C=O) groups excluding carboxylic acids is 1. The van der Waals surface area contributed by atoms with Crippen LogP contribution >= 0.6 is 46.4 Å². The minimum atomic E-state index is -0.328. The summed E-state index contributed by atoms with van der Waals surface area (Å²) in [7, 11) is 0. The number of aliphatic hydroxyl groups excluding tert-OH is 1. The highest BCUT2D eigenvalue weighted by Crippen LogP contribution is 2.40. The molecule has 8 heteroatoms. The number of hydrogen-bond donors (Lipinski definition) is 1. The Kier molecular flexibility index (Phi) is 8.83. The van der Waals surface area contributed by atoms with Crippen LogP contribution in [0.1, 0.15) is 16.7 Å². The summed E-state index contributed by atoms with van der Waals surface area (Å²) in [6, 6.07) is 32.7. The lowest BCUT2D eigenvalue weighted by Gasteiger charge is -2.22. The smallest absolute Gasteiger partial charge is 0.362 e. The molecule has 2 aliphatic rings. The number of carbonyl (C=O) groups is 1. The van der Waals surface area contributed by atoms with Crippen molar-refractivity contribution >= 4 is 69.8 Å². The zero-order chi connectivity index (χ0) is 33.4. The lowest BCUT2D eigenvalue weighted by atomic mass is 9.85. The van der Waals surface area contributed by atoms with Crippen molar-refractivity contribution in [2.24, 2.45) is 0 Å². The highest BCUT2D eigenvalue weighted by molar-refractivity contribution is 6.34. The van der Waals surface area contributed by atoms with Crippen LogP contribution in [0, 0.1) is 0 Å². The minimum Gasteiger partial charge on any atom is -0.506 e. The predicted octanol–water partition coefficient (Wildman–Crippen LogP) is 12.3. The molecule has 234 valence electrons. The van der Waals surface area contributed by atoms with E-state index in [-0.39, 0.29) is 22.7 Å². The van der Waals surface area contributed by atoms with Crippen LogP contribution in [0.5, 0.6) is 0 Å². The van der Waals surface area contributed by atoms with Crippen LogP contribution in [0.2, 0.25) is 20.1 Å². The van der Waals surface area contributed by atoms with Crippen molar-refractivity contribution in [2.45, 2.75) is 0 Å². The molecule has 0 unspecified atom stereocenters. The first kappa shape index (κ1) is 31.7. The molecule has 0 spiro atoms. The summed E-state index contributed by atoms with van der Waals surface area (Å²) >= 11 is 26.1. The second kappa shape index (κ2) is 13.3. The van der Waals surface area contributed by atoms with Crippen LogP contribution in [-0.4, -0.2) is 10.9 Å². The zero-order valence-corrected chi connectivity index (χ0v) is 27.9. The van der Waals surface area contributed by atoms with Gasteiger partial charge in [-0.15, -0.1) is 0 Å². The van der Waals surface area contributed by atoms with Gasteiger partial charge in [0.15, 0.2) is 0 Å². The summed E-state index contributed by atoms with van der Waals surface area (Å²) in [5, 5.41) is 13.2. The van der Waals surface area contributed by atoms with Gasteiger partial charge in [-0.2, -0.15) is 0 Å². The molecule has 1 aliphatic heterocycles. The maximum atomic E-state index is 13.6. The Morgan fingerprint density at radius 3 is 1.42 bits per heavy atom. The molecular formula is C40H23Cl4O4+.